The van der Waals surface area contributed by atoms with Crippen LogP contribution < -0.4 is 11.1 Å². The fraction of sp³-hybridized carbons (Fsp3) is 0.923. The third kappa shape index (κ3) is 4.55. The van der Waals surface area contributed by atoms with E-state index >= 15 is 0 Å². The second kappa shape index (κ2) is 7.07. The molecule has 2 fully saturated rings. The van der Waals surface area contributed by atoms with E-state index in [1.54, 1.807) is 0 Å². The topological polar surface area (TPSA) is 73.6 Å². The van der Waals surface area contributed by atoms with Crippen LogP contribution in [-0.4, -0.2) is 44.4 Å². The zero-order chi connectivity index (χ0) is 12.8. The molecule has 0 spiro atoms. The first-order valence-electron chi connectivity index (χ1n) is 6.95. The largest absolute Gasteiger partial charge is 0.376 e. The van der Waals surface area contributed by atoms with E-state index in [2.05, 4.69) is 5.32 Å². The quantitative estimate of drug-likeness (QED) is 0.765. The molecule has 5 nitrogen and oxygen atoms in total. The number of nitrogens with two attached hydrogens (primary N) is 1. The molecule has 0 bridgehead atoms. The van der Waals surface area contributed by atoms with Gasteiger partial charge in [0.2, 0.25) is 5.91 Å². The minimum Gasteiger partial charge on any atom is -0.376 e. The lowest BCUT2D eigenvalue weighted by molar-refractivity contribution is -0.125. The molecule has 1 saturated carbocycles. The lowest BCUT2D eigenvalue weighted by Gasteiger charge is -2.26. The van der Waals surface area contributed by atoms with Crippen molar-refractivity contribution in [2.75, 3.05) is 26.4 Å². The highest BCUT2D eigenvalue weighted by Gasteiger charge is 2.21. The summed E-state index contributed by atoms with van der Waals surface area (Å²) in [6, 6.07) is 0.345. The highest BCUT2D eigenvalue weighted by Crippen LogP contribution is 2.25. The highest BCUT2D eigenvalue weighted by atomic mass is 16.6. The molecule has 2 rings (SSSR count). The Morgan fingerprint density at radius 2 is 2.00 bits per heavy atom. The molecule has 1 heterocycles. The molecule has 5 heteroatoms. The molecular formula is C13H24N2O3. The summed E-state index contributed by atoms with van der Waals surface area (Å²) < 4.78 is 10.8. The number of rotatable bonds is 4. The SMILES string of the molecule is NC1CCC(CC(=O)NCC2COCCO2)CC1. The molecule has 1 aliphatic heterocycles. The first-order chi connectivity index (χ1) is 8.74. The first-order valence-corrected chi connectivity index (χ1v) is 6.95. The summed E-state index contributed by atoms with van der Waals surface area (Å²) in [5.74, 6) is 0.637. The van der Waals surface area contributed by atoms with E-state index in [0.717, 1.165) is 25.7 Å². The molecule has 1 saturated heterocycles. The number of carbonyl (C=O) groups is 1. The standard InChI is InChI=1S/C13H24N2O3/c14-11-3-1-10(2-4-11)7-13(16)15-8-12-9-17-5-6-18-12/h10-12H,1-9,14H2,(H,15,16). The van der Waals surface area contributed by atoms with Crippen LogP contribution in [0.1, 0.15) is 32.1 Å². The average Bonchev–Trinajstić information content (AvgIpc) is 2.40. The smallest absolute Gasteiger partial charge is 0.220 e. The summed E-state index contributed by atoms with van der Waals surface area (Å²) in [7, 11) is 0. The maximum Gasteiger partial charge on any atom is 0.220 e. The summed E-state index contributed by atoms with van der Waals surface area (Å²) in [5.41, 5.74) is 5.85. The molecule has 1 aliphatic carbocycles. The number of hydrogen-bond acceptors (Lipinski definition) is 4. The van der Waals surface area contributed by atoms with Crippen LogP contribution in [0.4, 0.5) is 0 Å². The van der Waals surface area contributed by atoms with Gasteiger partial charge in [-0.25, -0.2) is 0 Å². The van der Waals surface area contributed by atoms with Crippen molar-refractivity contribution in [3.63, 3.8) is 0 Å². The molecule has 0 aromatic heterocycles. The predicted octanol–water partition coefficient (Wildman–Crippen LogP) is 0.426. The van der Waals surface area contributed by atoms with Crippen LogP contribution in [0.3, 0.4) is 0 Å². The zero-order valence-corrected chi connectivity index (χ0v) is 10.9. The normalized spacial score (nSPS) is 33.1. The molecule has 2 aliphatic rings. The molecular weight excluding hydrogens is 232 g/mol. The second-order valence-electron chi connectivity index (χ2n) is 5.36. The Morgan fingerprint density at radius 3 is 2.67 bits per heavy atom. The molecule has 0 aromatic carbocycles. The van der Waals surface area contributed by atoms with Gasteiger partial charge in [-0.3, -0.25) is 4.79 Å². The molecule has 1 atom stereocenters. The number of hydrogen-bond donors (Lipinski definition) is 2. The fourth-order valence-corrected chi connectivity index (χ4v) is 2.61. The maximum atomic E-state index is 11.8. The van der Waals surface area contributed by atoms with Gasteiger partial charge in [0, 0.05) is 19.0 Å². The summed E-state index contributed by atoms with van der Waals surface area (Å²) in [6.07, 6.45) is 4.91. The van der Waals surface area contributed by atoms with Crippen molar-refractivity contribution in [3.8, 4) is 0 Å². The van der Waals surface area contributed by atoms with Crippen molar-refractivity contribution in [2.45, 2.75) is 44.2 Å². The Balaban J connectivity index is 1.59. The molecule has 0 radical (unpaired) electrons. The van der Waals surface area contributed by atoms with Crippen LogP contribution in [0.25, 0.3) is 0 Å². The van der Waals surface area contributed by atoms with Crippen LogP contribution in [0, 0.1) is 5.92 Å². The van der Waals surface area contributed by atoms with Crippen LogP contribution in [0.5, 0.6) is 0 Å². The van der Waals surface area contributed by atoms with Crippen molar-refractivity contribution >= 4 is 5.91 Å². The number of ether oxygens (including phenoxy) is 2. The zero-order valence-electron chi connectivity index (χ0n) is 10.9. The Bertz CT molecular complexity index is 259. The van der Waals surface area contributed by atoms with Crippen molar-refractivity contribution < 1.29 is 14.3 Å². The highest BCUT2D eigenvalue weighted by molar-refractivity contribution is 5.76. The van der Waals surface area contributed by atoms with Gasteiger partial charge in [-0.05, 0) is 31.6 Å². The second-order valence-corrected chi connectivity index (χ2v) is 5.36. The molecule has 0 aromatic rings. The minimum atomic E-state index is 0.0162. The number of amides is 1. The van der Waals surface area contributed by atoms with Gasteiger partial charge in [0.05, 0.1) is 25.9 Å². The summed E-state index contributed by atoms with van der Waals surface area (Å²) >= 11 is 0. The number of carbonyl (C=O) groups excluding carboxylic acids is 1. The lowest BCUT2D eigenvalue weighted by Crippen LogP contribution is -2.40. The van der Waals surface area contributed by atoms with Gasteiger partial charge in [-0.2, -0.15) is 0 Å². The van der Waals surface area contributed by atoms with E-state index in [4.69, 9.17) is 15.2 Å². The van der Waals surface area contributed by atoms with Gasteiger partial charge in [0.15, 0.2) is 0 Å². The first kappa shape index (κ1) is 13.8. The minimum absolute atomic E-state index is 0.0162. The summed E-state index contributed by atoms with van der Waals surface area (Å²) in [5, 5.41) is 2.94. The Morgan fingerprint density at radius 1 is 1.22 bits per heavy atom. The van der Waals surface area contributed by atoms with E-state index in [1.165, 1.54) is 0 Å². The van der Waals surface area contributed by atoms with Crippen LogP contribution in [-0.2, 0) is 14.3 Å². The van der Waals surface area contributed by atoms with Gasteiger partial charge < -0.3 is 20.5 Å². The van der Waals surface area contributed by atoms with Crippen molar-refractivity contribution in [2.24, 2.45) is 11.7 Å². The summed E-state index contributed by atoms with van der Waals surface area (Å²) in [6.45, 7) is 2.43. The molecule has 1 unspecified atom stereocenters. The Kier molecular flexibility index (Phi) is 5.41. The van der Waals surface area contributed by atoms with E-state index in [-0.39, 0.29) is 12.0 Å². The average molecular weight is 256 g/mol. The monoisotopic (exact) mass is 256 g/mol. The van der Waals surface area contributed by atoms with Crippen molar-refractivity contribution in [1.82, 2.24) is 5.32 Å². The van der Waals surface area contributed by atoms with Gasteiger partial charge >= 0.3 is 0 Å². The van der Waals surface area contributed by atoms with Gasteiger partial charge in [0.25, 0.3) is 0 Å². The number of nitrogens with one attached hydrogen (secondary N) is 1. The third-order valence-electron chi connectivity index (χ3n) is 3.78. The van der Waals surface area contributed by atoms with E-state index < -0.39 is 0 Å². The van der Waals surface area contributed by atoms with Crippen molar-refractivity contribution in [1.29, 1.82) is 0 Å². The Hall–Kier alpha value is -0.650. The van der Waals surface area contributed by atoms with Crippen LogP contribution in [0.15, 0.2) is 0 Å². The van der Waals surface area contributed by atoms with E-state index in [9.17, 15) is 4.79 Å². The van der Waals surface area contributed by atoms with Crippen LogP contribution in [0.2, 0.25) is 0 Å². The van der Waals surface area contributed by atoms with Crippen molar-refractivity contribution in [3.05, 3.63) is 0 Å². The predicted molar refractivity (Wildman–Crippen MR) is 68.1 cm³/mol. The molecule has 1 amide bonds. The van der Waals surface area contributed by atoms with E-state index in [1.807, 2.05) is 0 Å². The van der Waals surface area contributed by atoms with E-state index in [0.29, 0.717) is 44.7 Å². The molecule has 18 heavy (non-hydrogen) atoms. The molecule has 104 valence electrons. The summed E-state index contributed by atoms with van der Waals surface area (Å²) in [4.78, 5) is 11.8. The van der Waals surface area contributed by atoms with Gasteiger partial charge in [0.1, 0.15) is 0 Å². The molecule has 3 N–H and O–H groups in total. The fourth-order valence-electron chi connectivity index (χ4n) is 2.61. The maximum absolute atomic E-state index is 11.8. The Labute approximate surface area is 108 Å². The third-order valence-corrected chi connectivity index (χ3v) is 3.78. The van der Waals surface area contributed by atoms with Gasteiger partial charge in [-0.15, -0.1) is 0 Å². The lowest BCUT2D eigenvalue weighted by atomic mass is 9.84. The van der Waals surface area contributed by atoms with Gasteiger partial charge in [-0.1, -0.05) is 0 Å². The van der Waals surface area contributed by atoms with Crippen LogP contribution >= 0.6 is 0 Å².